The average molecular weight is 253 g/mol. The van der Waals surface area contributed by atoms with Gasteiger partial charge in [0.1, 0.15) is 11.4 Å². The molecule has 0 aromatic carbocycles. The van der Waals surface area contributed by atoms with Crippen molar-refractivity contribution in [3.8, 4) is 0 Å². The quantitative estimate of drug-likeness (QED) is 0.767. The Hall–Kier alpha value is -1.44. The highest BCUT2D eigenvalue weighted by Gasteiger charge is 2.27. The van der Waals surface area contributed by atoms with Crippen molar-refractivity contribution in [3.05, 3.63) is 10.9 Å². The van der Waals surface area contributed by atoms with Gasteiger partial charge < -0.3 is 16.4 Å². The maximum atomic E-state index is 11.9. The van der Waals surface area contributed by atoms with Crippen LogP contribution in [-0.4, -0.2) is 25.7 Å². The van der Waals surface area contributed by atoms with Crippen LogP contribution >= 0.6 is 11.3 Å². The highest BCUT2D eigenvalue weighted by atomic mass is 32.1. The van der Waals surface area contributed by atoms with Crippen LogP contribution in [0, 0.1) is 0 Å². The zero-order chi connectivity index (χ0) is 12.3. The number of amides is 1. The van der Waals surface area contributed by atoms with Crippen molar-refractivity contribution < 1.29 is 18.0 Å². The van der Waals surface area contributed by atoms with Gasteiger partial charge in [0.05, 0.1) is 10.7 Å². The van der Waals surface area contributed by atoms with Gasteiger partial charge in [-0.1, -0.05) is 0 Å². The normalized spacial score (nSPS) is 11.2. The molecule has 0 bridgehead atoms. The van der Waals surface area contributed by atoms with Crippen LogP contribution < -0.4 is 16.4 Å². The SMILES string of the molecule is CNC(=O)c1sc(NCC(F)(F)F)cc1N. The summed E-state index contributed by atoms with van der Waals surface area (Å²) in [5, 5.41) is 4.72. The van der Waals surface area contributed by atoms with E-state index in [1.54, 1.807) is 0 Å². The minimum Gasteiger partial charge on any atom is -0.397 e. The van der Waals surface area contributed by atoms with Gasteiger partial charge in [0.25, 0.3) is 5.91 Å². The van der Waals surface area contributed by atoms with Crippen molar-refractivity contribution in [3.63, 3.8) is 0 Å². The van der Waals surface area contributed by atoms with Crippen LogP contribution in [0.2, 0.25) is 0 Å². The average Bonchev–Trinajstić information content (AvgIpc) is 2.55. The van der Waals surface area contributed by atoms with E-state index in [2.05, 4.69) is 10.6 Å². The Labute approximate surface area is 93.6 Å². The minimum atomic E-state index is -4.30. The number of carbonyl (C=O) groups is 1. The minimum absolute atomic E-state index is 0.161. The fourth-order valence-corrected chi connectivity index (χ4v) is 1.89. The lowest BCUT2D eigenvalue weighted by molar-refractivity contribution is -0.115. The summed E-state index contributed by atoms with van der Waals surface area (Å²) in [5.74, 6) is -0.414. The zero-order valence-corrected chi connectivity index (χ0v) is 9.13. The monoisotopic (exact) mass is 253 g/mol. The lowest BCUT2D eigenvalue weighted by Crippen LogP contribution is -2.20. The largest absolute Gasteiger partial charge is 0.405 e. The molecule has 1 amide bonds. The number of nitrogens with two attached hydrogens (primary N) is 1. The highest BCUT2D eigenvalue weighted by molar-refractivity contribution is 7.18. The first-order valence-corrected chi connectivity index (χ1v) is 5.07. The standard InChI is InChI=1S/C8H10F3N3OS/c1-13-7(15)6-4(12)2-5(16-6)14-3-8(9,10)11/h2,14H,3,12H2,1H3,(H,13,15). The fraction of sp³-hybridized carbons (Fsp3) is 0.375. The maximum Gasteiger partial charge on any atom is 0.405 e. The third-order valence-corrected chi connectivity index (χ3v) is 2.76. The Morgan fingerprint density at radius 2 is 2.19 bits per heavy atom. The predicted molar refractivity (Wildman–Crippen MR) is 56.7 cm³/mol. The molecule has 1 aromatic rings. The van der Waals surface area contributed by atoms with Crippen LogP contribution in [0.4, 0.5) is 23.9 Å². The van der Waals surface area contributed by atoms with Crippen LogP contribution in [0.3, 0.4) is 0 Å². The Morgan fingerprint density at radius 1 is 1.56 bits per heavy atom. The van der Waals surface area contributed by atoms with Crippen molar-refractivity contribution in [2.45, 2.75) is 6.18 Å². The van der Waals surface area contributed by atoms with Crippen LogP contribution in [0.5, 0.6) is 0 Å². The number of halogens is 3. The van der Waals surface area contributed by atoms with E-state index in [9.17, 15) is 18.0 Å². The molecule has 0 radical (unpaired) electrons. The summed E-state index contributed by atoms with van der Waals surface area (Å²) in [5.41, 5.74) is 5.65. The van der Waals surface area contributed by atoms with Crippen molar-refractivity contribution >= 4 is 27.9 Å². The molecule has 0 aliphatic heterocycles. The number of thiophene rings is 1. The molecule has 0 saturated carbocycles. The molecule has 0 spiro atoms. The van der Waals surface area contributed by atoms with Gasteiger partial charge in [0, 0.05) is 7.05 Å². The summed E-state index contributed by atoms with van der Waals surface area (Å²) in [6, 6.07) is 1.31. The molecule has 16 heavy (non-hydrogen) atoms. The molecule has 0 aliphatic carbocycles. The molecule has 90 valence electrons. The van der Waals surface area contributed by atoms with Crippen molar-refractivity contribution in [1.82, 2.24) is 5.32 Å². The fourth-order valence-electron chi connectivity index (χ4n) is 0.971. The molecule has 1 aromatic heterocycles. The van der Waals surface area contributed by atoms with E-state index in [-0.39, 0.29) is 15.6 Å². The van der Waals surface area contributed by atoms with Crippen LogP contribution in [0.1, 0.15) is 9.67 Å². The van der Waals surface area contributed by atoms with Gasteiger partial charge in [-0.15, -0.1) is 11.3 Å². The van der Waals surface area contributed by atoms with Crippen molar-refractivity contribution in [2.75, 3.05) is 24.6 Å². The van der Waals surface area contributed by atoms with Gasteiger partial charge in [-0.3, -0.25) is 4.79 Å². The number of hydrogen-bond acceptors (Lipinski definition) is 4. The van der Waals surface area contributed by atoms with Crippen LogP contribution in [0.15, 0.2) is 6.07 Å². The maximum absolute atomic E-state index is 11.9. The predicted octanol–water partition coefficient (Wildman–Crippen LogP) is 1.66. The lowest BCUT2D eigenvalue weighted by atomic mass is 10.4. The summed E-state index contributed by atoms with van der Waals surface area (Å²) in [7, 11) is 1.42. The number of nitrogens with one attached hydrogen (secondary N) is 2. The van der Waals surface area contributed by atoms with Gasteiger partial charge in [0.15, 0.2) is 0 Å². The first-order valence-electron chi connectivity index (χ1n) is 4.25. The number of carbonyl (C=O) groups excluding carboxylic acids is 1. The molecule has 1 rings (SSSR count). The molecule has 0 aliphatic rings. The molecular formula is C8H10F3N3OS. The summed E-state index contributed by atoms with van der Waals surface area (Å²) in [6.07, 6.45) is -4.30. The molecule has 0 saturated heterocycles. The van der Waals surface area contributed by atoms with E-state index >= 15 is 0 Å². The third-order valence-electron chi connectivity index (χ3n) is 1.66. The summed E-state index contributed by atoms with van der Waals surface area (Å²) < 4.78 is 35.7. The van der Waals surface area contributed by atoms with Gasteiger partial charge in [-0.25, -0.2) is 0 Å². The second-order valence-electron chi connectivity index (χ2n) is 2.94. The second-order valence-corrected chi connectivity index (χ2v) is 4.00. The number of nitrogen functional groups attached to an aromatic ring is 1. The summed E-state index contributed by atoms with van der Waals surface area (Å²) in [6.45, 7) is -1.15. The molecule has 0 fully saturated rings. The van der Waals surface area contributed by atoms with E-state index in [0.29, 0.717) is 0 Å². The van der Waals surface area contributed by atoms with E-state index < -0.39 is 18.6 Å². The zero-order valence-electron chi connectivity index (χ0n) is 8.31. The summed E-state index contributed by atoms with van der Waals surface area (Å²) in [4.78, 5) is 11.4. The third kappa shape index (κ3) is 3.30. The molecule has 8 heteroatoms. The number of rotatable bonds is 3. The molecule has 4 N–H and O–H groups in total. The van der Waals surface area contributed by atoms with E-state index in [1.165, 1.54) is 13.1 Å². The smallest absolute Gasteiger partial charge is 0.397 e. The van der Waals surface area contributed by atoms with Gasteiger partial charge in [-0.2, -0.15) is 13.2 Å². The van der Waals surface area contributed by atoms with Crippen LogP contribution in [0.25, 0.3) is 0 Å². The number of alkyl halides is 3. The van der Waals surface area contributed by atoms with E-state index in [1.807, 2.05) is 0 Å². The highest BCUT2D eigenvalue weighted by Crippen LogP contribution is 2.29. The number of anilines is 2. The topological polar surface area (TPSA) is 67.2 Å². The number of hydrogen-bond donors (Lipinski definition) is 3. The molecular weight excluding hydrogens is 243 g/mol. The van der Waals surface area contributed by atoms with E-state index in [4.69, 9.17) is 5.73 Å². The van der Waals surface area contributed by atoms with E-state index in [0.717, 1.165) is 11.3 Å². The first-order chi connectivity index (χ1) is 7.33. The van der Waals surface area contributed by atoms with Crippen molar-refractivity contribution in [2.24, 2.45) is 0 Å². The Kier molecular flexibility index (Phi) is 3.63. The Bertz CT molecular complexity index is 388. The Morgan fingerprint density at radius 3 is 2.69 bits per heavy atom. The molecule has 1 heterocycles. The van der Waals surface area contributed by atoms with Gasteiger partial charge >= 0.3 is 6.18 Å². The lowest BCUT2D eigenvalue weighted by Gasteiger charge is -2.06. The molecule has 0 atom stereocenters. The van der Waals surface area contributed by atoms with Crippen molar-refractivity contribution in [1.29, 1.82) is 0 Å². The Balaban J connectivity index is 2.74. The van der Waals surface area contributed by atoms with Gasteiger partial charge in [0.2, 0.25) is 0 Å². The molecule has 0 unspecified atom stereocenters. The van der Waals surface area contributed by atoms with Crippen LogP contribution in [-0.2, 0) is 0 Å². The van der Waals surface area contributed by atoms with Gasteiger partial charge in [-0.05, 0) is 6.07 Å². The second kappa shape index (κ2) is 4.60. The first kappa shape index (κ1) is 12.6. The molecule has 4 nitrogen and oxygen atoms in total. The summed E-state index contributed by atoms with van der Waals surface area (Å²) >= 11 is 0.885.